The van der Waals surface area contributed by atoms with E-state index in [1.165, 1.54) is 24.1 Å². The number of rotatable bonds is 2. The average molecular weight is 294 g/mol. The highest BCUT2D eigenvalue weighted by atomic mass is 16.5. The Balaban J connectivity index is 1.80. The van der Waals surface area contributed by atoms with Crippen LogP contribution in [0.5, 0.6) is 5.75 Å². The second-order valence-electron chi connectivity index (χ2n) is 5.83. The molecule has 2 heterocycles. The molecule has 0 atom stereocenters. The summed E-state index contributed by atoms with van der Waals surface area (Å²) in [4.78, 5) is 15.7. The zero-order valence-electron chi connectivity index (χ0n) is 12.5. The van der Waals surface area contributed by atoms with Crippen LogP contribution in [0.15, 0.2) is 24.4 Å². The van der Waals surface area contributed by atoms with Crippen LogP contribution in [0, 0.1) is 0 Å². The average Bonchev–Trinajstić information content (AvgIpc) is 3.09. The molecule has 1 aromatic heterocycles. The van der Waals surface area contributed by atoms with Crippen molar-refractivity contribution in [3.63, 3.8) is 0 Å². The topological polar surface area (TPSA) is 54.1 Å². The maximum atomic E-state index is 12.3. The van der Waals surface area contributed by atoms with E-state index in [2.05, 4.69) is 10.3 Å². The summed E-state index contributed by atoms with van der Waals surface area (Å²) in [6.45, 7) is 0. The van der Waals surface area contributed by atoms with Crippen molar-refractivity contribution in [2.24, 2.45) is 0 Å². The van der Waals surface area contributed by atoms with E-state index in [-0.39, 0.29) is 5.91 Å². The maximum absolute atomic E-state index is 12.3. The number of ether oxygens (including phenoxy) is 1. The summed E-state index contributed by atoms with van der Waals surface area (Å²) in [5.41, 5.74) is 6.29. The molecule has 1 aliphatic carbocycles. The van der Waals surface area contributed by atoms with Gasteiger partial charge in [-0.15, -0.1) is 0 Å². The van der Waals surface area contributed by atoms with Crippen LogP contribution >= 0.6 is 0 Å². The number of aromatic nitrogens is 1. The number of aryl methyl sites for hydroxylation is 1. The van der Waals surface area contributed by atoms with Crippen LogP contribution in [0.1, 0.15) is 35.2 Å². The molecule has 0 spiro atoms. The van der Waals surface area contributed by atoms with Crippen molar-refractivity contribution < 1.29 is 9.53 Å². The van der Waals surface area contributed by atoms with Gasteiger partial charge in [0.2, 0.25) is 0 Å². The van der Waals surface area contributed by atoms with E-state index >= 15 is 0 Å². The Hall–Kier alpha value is -2.49. The minimum absolute atomic E-state index is 0.0472. The molecular weight excluding hydrogens is 276 g/mol. The van der Waals surface area contributed by atoms with E-state index in [1.54, 1.807) is 7.11 Å². The second kappa shape index (κ2) is 5.05. The fraction of sp³-hybridized carbons (Fsp3) is 0.278. The van der Waals surface area contributed by atoms with Crippen LogP contribution in [0.2, 0.25) is 0 Å². The minimum Gasteiger partial charge on any atom is -0.497 e. The number of carbonyl (C=O) groups is 1. The Labute approximate surface area is 129 Å². The molecule has 0 radical (unpaired) electrons. The van der Waals surface area contributed by atoms with Crippen molar-refractivity contribution >= 4 is 23.2 Å². The first-order chi connectivity index (χ1) is 10.8. The number of fused-ring (bicyclic) bond motifs is 2. The molecular formula is C18H18N2O2. The van der Waals surface area contributed by atoms with Gasteiger partial charge in [-0.2, -0.15) is 0 Å². The number of hydrogen-bond donors (Lipinski definition) is 2. The van der Waals surface area contributed by atoms with Crippen LogP contribution in [0.25, 0.3) is 11.6 Å². The number of amides is 1. The van der Waals surface area contributed by atoms with Crippen LogP contribution in [0.3, 0.4) is 0 Å². The number of carbonyl (C=O) groups excluding carboxylic acids is 1. The van der Waals surface area contributed by atoms with E-state index in [0.717, 1.165) is 35.4 Å². The normalized spacial score (nSPS) is 18.0. The number of hydrogen-bond acceptors (Lipinski definition) is 2. The van der Waals surface area contributed by atoms with Gasteiger partial charge in [0.25, 0.3) is 5.91 Å². The van der Waals surface area contributed by atoms with E-state index in [0.29, 0.717) is 5.57 Å². The molecule has 0 saturated carbocycles. The fourth-order valence-electron chi connectivity index (χ4n) is 3.36. The fourth-order valence-corrected chi connectivity index (χ4v) is 3.36. The van der Waals surface area contributed by atoms with Crippen LogP contribution in [-0.4, -0.2) is 18.0 Å². The van der Waals surface area contributed by atoms with Crippen molar-refractivity contribution in [2.75, 3.05) is 12.4 Å². The van der Waals surface area contributed by atoms with Gasteiger partial charge < -0.3 is 15.0 Å². The van der Waals surface area contributed by atoms with Gasteiger partial charge in [-0.1, -0.05) is 0 Å². The molecule has 112 valence electrons. The van der Waals surface area contributed by atoms with Crippen LogP contribution in [-0.2, 0) is 17.6 Å². The number of H-pyrrole nitrogens is 1. The molecule has 4 nitrogen and oxygen atoms in total. The van der Waals surface area contributed by atoms with Crippen molar-refractivity contribution in [3.05, 3.63) is 46.8 Å². The first-order valence-electron chi connectivity index (χ1n) is 7.67. The van der Waals surface area contributed by atoms with Gasteiger partial charge in [0.1, 0.15) is 5.75 Å². The third-order valence-corrected chi connectivity index (χ3v) is 4.53. The number of benzene rings is 1. The number of methoxy groups -OCH3 is 1. The van der Waals surface area contributed by atoms with E-state index in [9.17, 15) is 4.79 Å². The molecule has 1 amide bonds. The highest BCUT2D eigenvalue weighted by molar-refractivity contribution is 6.35. The molecule has 1 aliphatic heterocycles. The predicted molar refractivity (Wildman–Crippen MR) is 86.9 cm³/mol. The molecule has 2 N–H and O–H groups in total. The molecule has 2 aromatic rings. The Bertz CT molecular complexity index is 786. The Morgan fingerprint density at radius 1 is 1.23 bits per heavy atom. The molecule has 2 aliphatic rings. The zero-order chi connectivity index (χ0) is 15.1. The lowest BCUT2D eigenvalue weighted by atomic mass is 9.94. The van der Waals surface area contributed by atoms with Gasteiger partial charge in [-0.25, -0.2) is 0 Å². The van der Waals surface area contributed by atoms with Gasteiger partial charge in [-0.05, 0) is 61.1 Å². The summed E-state index contributed by atoms with van der Waals surface area (Å²) >= 11 is 0. The van der Waals surface area contributed by atoms with E-state index in [4.69, 9.17) is 4.74 Å². The first-order valence-corrected chi connectivity index (χ1v) is 7.67. The van der Waals surface area contributed by atoms with Crippen LogP contribution in [0.4, 0.5) is 5.69 Å². The van der Waals surface area contributed by atoms with Crippen molar-refractivity contribution in [1.29, 1.82) is 0 Å². The summed E-state index contributed by atoms with van der Waals surface area (Å²) in [7, 11) is 1.64. The molecule has 0 bridgehead atoms. The smallest absolute Gasteiger partial charge is 0.256 e. The lowest BCUT2D eigenvalue weighted by molar-refractivity contribution is -0.110. The molecule has 1 aromatic carbocycles. The van der Waals surface area contributed by atoms with Crippen molar-refractivity contribution in [3.8, 4) is 5.75 Å². The largest absolute Gasteiger partial charge is 0.497 e. The van der Waals surface area contributed by atoms with Crippen molar-refractivity contribution in [1.82, 2.24) is 4.98 Å². The molecule has 4 heteroatoms. The summed E-state index contributed by atoms with van der Waals surface area (Å²) in [5.74, 6) is 0.714. The Morgan fingerprint density at radius 3 is 2.95 bits per heavy atom. The van der Waals surface area contributed by atoms with Gasteiger partial charge in [0.15, 0.2) is 0 Å². The number of nitrogens with one attached hydrogen (secondary N) is 2. The third-order valence-electron chi connectivity index (χ3n) is 4.53. The zero-order valence-corrected chi connectivity index (χ0v) is 12.5. The molecule has 0 saturated heterocycles. The van der Waals surface area contributed by atoms with Gasteiger partial charge in [0.05, 0.1) is 7.11 Å². The summed E-state index contributed by atoms with van der Waals surface area (Å²) in [6.07, 6.45) is 8.68. The van der Waals surface area contributed by atoms with Gasteiger partial charge >= 0.3 is 0 Å². The predicted octanol–water partition coefficient (Wildman–Crippen LogP) is 3.39. The lowest BCUT2D eigenvalue weighted by Crippen LogP contribution is -2.04. The third kappa shape index (κ3) is 2.03. The maximum Gasteiger partial charge on any atom is 0.256 e. The molecule has 22 heavy (non-hydrogen) atoms. The second-order valence-corrected chi connectivity index (χ2v) is 5.83. The standard InChI is InChI=1S/C18H18N2O2/c1-22-12-6-7-17-14(9-12)15(18(21)20-17)8-11-10-19-16-5-3-2-4-13(11)16/h6-10,19H,2-5H2,1H3,(H,20,21). The van der Waals surface area contributed by atoms with Crippen molar-refractivity contribution in [2.45, 2.75) is 25.7 Å². The summed E-state index contributed by atoms with van der Waals surface area (Å²) < 4.78 is 5.28. The molecule has 0 unspecified atom stereocenters. The highest BCUT2D eigenvalue weighted by Crippen LogP contribution is 2.36. The number of aromatic amines is 1. The SMILES string of the molecule is COc1ccc2c(c1)C(=Cc1c[nH]c3c1CCCC3)C(=O)N2. The monoisotopic (exact) mass is 294 g/mol. The Morgan fingerprint density at radius 2 is 2.09 bits per heavy atom. The lowest BCUT2D eigenvalue weighted by Gasteiger charge is -2.11. The first kappa shape index (κ1) is 13.2. The molecule has 0 fully saturated rings. The Kier molecular flexibility index (Phi) is 3.03. The van der Waals surface area contributed by atoms with Gasteiger partial charge in [0, 0.05) is 28.7 Å². The van der Waals surface area contributed by atoms with Crippen LogP contribution < -0.4 is 10.1 Å². The summed E-state index contributed by atoms with van der Waals surface area (Å²) in [6, 6.07) is 5.66. The highest BCUT2D eigenvalue weighted by Gasteiger charge is 2.25. The quantitative estimate of drug-likeness (QED) is 0.834. The van der Waals surface area contributed by atoms with Gasteiger partial charge in [-0.3, -0.25) is 4.79 Å². The van der Waals surface area contributed by atoms with E-state index in [1.807, 2.05) is 30.5 Å². The summed E-state index contributed by atoms with van der Waals surface area (Å²) in [5, 5.41) is 2.92. The minimum atomic E-state index is -0.0472. The van der Waals surface area contributed by atoms with E-state index < -0.39 is 0 Å². The number of anilines is 1. The molecule has 4 rings (SSSR count).